The van der Waals surface area contributed by atoms with Crippen LogP contribution in [0.1, 0.15) is 11.1 Å². The first-order chi connectivity index (χ1) is 6.38. The van der Waals surface area contributed by atoms with Crippen LogP contribution in [0.5, 0.6) is 0 Å². The van der Waals surface area contributed by atoms with Crippen molar-refractivity contribution >= 4 is 27.5 Å². The molecule has 1 rings (SSSR count). The fourth-order valence-corrected chi connectivity index (χ4v) is 1.72. The molecule has 13 heavy (non-hydrogen) atoms. The first-order valence-corrected chi connectivity index (χ1v) is 5.80. The van der Waals surface area contributed by atoms with Crippen LogP contribution < -0.4 is 0 Å². The van der Waals surface area contributed by atoms with E-state index in [9.17, 15) is 0 Å². The van der Waals surface area contributed by atoms with Crippen LogP contribution in [0.4, 0.5) is 0 Å². The van der Waals surface area contributed by atoms with E-state index < -0.39 is 0 Å². The zero-order valence-electron chi connectivity index (χ0n) is 7.30. The maximum atomic E-state index is 5.51. The lowest BCUT2D eigenvalue weighted by atomic mass is 10.1. The molecule has 0 aromatic heterocycles. The average molecular weight is 264 g/mol. The van der Waals surface area contributed by atoms with E-state index in [1.54, 1.807) is 0 Å². The van der Waals surface area contributed by atoms with E-state index in [0.717, 1.165) is 5.33 Å². The van der Waals surface area contributed by atoms with Gasteiger partial charge in [-0.1, -0.05) is 40.2 Å². The molecule has 0 fully saturated rings. The molecule has 0 spiro atoms. The minimum Gasteiger partial charge on any atom is -0.376 e. The second-order valence-corrected chi connectivity index (χ2v) is 3.58. The molecule has 3 heteroatoms. The zero-order valence-corrected chi connectivity index (χ0v) is 9.64. The lowest BCUT2D eigenvalue weighted by Crippen LogP contribution is -1.98. The molecular formula is C10H12BrClO. The van der Waals surface area contributed by atoms with Crippen molar-refractivity contribution in [1.29, 1.82) is 0 Å². The third kappa shape index (κ3) is 3.67. The van der Waals surface area contributed by atoms with E-state index in [0.29, 0.717) is 19.1 Å². The minimum atomic E-state index is 0.552. The van der Waals surface area contributed by atoms with Crippen LogP contribution in [-0.4, -0.2) is 12.5 Å². The average Bonchev–Trinajstić information content (AvgIpc) is 2.19. The first-order valence-electron chi connectivity index (χ1n) is 4.15. The van der Waals surface area contributed by atoms with Crippen molar-refractivity contribution in [2.45, 2.75) is 11.9 Å². The first kappa shape index (κ1) is 11.0. The molecular weight excluding hydrogens is 251 g/mol. The molecule has 0 saturated heterocycles. The number of benzene rings is 1. The van der Waals surface area contributed by atoms with Crippen molar-refractivity contribution in [1.82, 2.24) is 0 Å². The Bertz CT molecular complexity index is 252. The van der Waals surface area contributed by atoms with Crippen molar-refractivity contribution in [2.24, 2.45) is 0 Å². The maximum absolute atomic E-state index is 5.51. The standard InChI is InChI=1S/C10H12BrClO/c11-7-9-3-1-2-4-10(9)8-13-6-5-12/h1-4H,5-8H2. The molecule has 0 aliphatic heterocycles. The van der Waals surface area contributed by atoms with Crippen LogP contribution in [-0.2, 0) is 16.7 Å². The van der Waals surface area contributed by atoms with Gasteiger partial charge in [0.05, 0.1) is 13.2 Å². The van der Waals surface area contributed by atoms with Gasteiger partial charge in [-0.25, -0.2) is 0 Å². The summed E-state index contributed by atoms with van der Waals surface area (Å²) in [6, 6.07) is 8.21. The van der Waals surface area contributed by atoms with Gasteiger partial charge in [-0.2, -0.15) is 0 Å². The SMILES string of the molecule is ClCCOCc1ccccc1CBr. The summed E-state index contributed by atoms with van der Waals surface area (Å²) in [6.45, 7) is 1.26. The molecule has 0 aliphatic rings. The quantitative estimate of drug-likeness (QED) is 0.585. The summed E-state index contributed by atoms with van der Waals surface area (Å²) in [6.07, 6.45) is 0. The number of hydrogen-bond acceptors (Lipinski definition) is 1. The Kier molecular flexibility index (Phi) is 5.44. The Morgan fingerprint density at radius 3 is 2.54 bits per heavy atom. The van der Waals surface area contributed by atoms with Gasteiger partial charge in [0.15, 0.2) is 0 Å². The molecule has 1 nitrogen and oxygen atoms in total. The molecule has 0 N–H and O–H groups in total. The van der Waals surface area contributed by atoms with E-state index in [1.807, 2.05) is 12.1 Å². The van der Waals surface area contributed by atoms with Gasteiger partial charge in [-0.15, -0.1) is 11.6 Å². The van der Waals surface area contributed by atoms with E-state index in [1.165, 1.54) is 11.1 Å². The third-order valence-electron chi connectivity index (χ3n) is 1.74. The molecule has 0 unspecified atom stereocenters. The van der Waals surface area contributed by atoms with E-state index >= 15 is 0 Å². The van der Waals surface area contributed by atoms with Gasteiger partial charge < -0.3 is 4.74 Å². The van der Waals surface area contributed by atoms with Crippen molar-refractivity contribution in [3.63, 3.8) is 0 Å². The summed E-state index contributed by atoms with van der Waals surface area (Å²) in [7, 11) is 0. The smallest absolute Gasteiger partial charge is 0.0720 e. The van der Waals surface area contributed by atoms with Crippen LogP contribution in [0.25, 0.3) is 0 Å². The Morgan fingerprint density at radius 2 is 1.92 bits per heavy atom. The summed E-state index contributed by atoms with van der Waals surface area (Å²) in [5, 5.41) is 0.868. The van der Waals surface area contributed by atoms with E-state index in [-0.39, 0.29) is 0 Å². The molecule has 0 radical (unpaired) electrons. The maximum Gasteiger partial charge on any atom is 0.0720 e. The Hall–Kier alpha value is -0.0500. The fourth-order valence-electron chi connectivity index (χ4n) is 1.07. The normalized spacial score (nSPS) is 10.3. The monoisotopic (exact) mass is 262 g/mol. The van der Waals surface area contributed by atoms with Gasteiger partial charge in [0, 0.05) is 11.2 Å². The Morgan fingerprint density at radius 1 is 1.23 bits per heavy atom. The number of ether oxygens (including phenoxy) is 1. The van der Waals surface area contributed by atoms with Crippen molar-refractivity contribution in [3.05, 3.63) is 35.4 Å². The molecule has 0 aliphatic carbocycles. The number of halogens is 2. The topological polar surface area (TPSA) is 9.23 Å². The lowest BCUT2D eigenvalue weighted by Gasteiger charge is -2.06. The largest absolute Gasteiger partial charge is 0.376 e. The van der Waals surface area contributed by atoms with Gasteiger partial charge in [0.1, 0.15) is 0 Å². The summed E-state index contributed by atoms with van der Waals surface area (Å²) >= 11 is 8.94. The molecule has 0 saturated carbocycles. The van der Waals surface area contributed by atoms with Gasteiger partial charge in [0.25, 0.3) is 0 Å². The van der Waals surface area contributed by atoms with Crippen molar-refractivity contribution in [2.75, 3.05) is 12.5 Å². The Labute approximate surface area is 92.2 Å². The summed E-state index contributed by atoms with van der Waals surface area (Å²) in [5.41, 5.74) is 2.50. The summed E-state index contributed by atoms with van der Waals surface area (Å²) in [5.74, 6) is 0.552. The predicted octanol–water partition coefficient (Wildman–Crippen LogP) is 3.34. The molecule has 0 heterocycles. The number of hydrogen-bond donors (Lipinski definition) is 0. The fraction of sp³-hybridized carbons (Fsp3) is 0.400. The van der Waals surface area contributed by atoms with E-state index in [4.69, 9.17) is 16.3 Å². The van der Waals surface area contributed by atoms with Gasteiger partial charge >= 0.3 is 0 Å². The predicted molar refractivity (Wildman–Crippen MR) is 59.4 cm³/mol. The number of alkyl halides is 2. The molecule has 0 bridgehead atoms. The molecule has 0 atom stereocenters. The zero-order chi connectivity index (χ0) is 9.52. The second-order valence-electron chi connectivity index (χ2n) is 2.64. The van der Waals surface area contributed by atoms with Gasteiger partial charge in [0.2, 0.25) is 0 Å². The third-order valence-corrected chi connectivity index (χ3v) is 2.50. The van der Waals surface area contributed by atoms with Crippen LogP contribution in [0.3, 0.4) is 0 Å². The number of rotatable bonds is 5. The van der Waals surface area contributed by atoms with Gasteiger partial charge in [-0.3, -0.25) is 0 Å². The second kappa shape index (κ2) is 6.41. The molecule has 0 amide bonds. The van der Waals surface area contributed by atoms with Crippen LogP contribution in [0.15, 0.2) is 24.3 Å². The highest BCUT2D eigenvalue weighted by atomic mass is 79.9. The highest BCUT2D eigenvalue weighted by Crippen LogP contribution is 2.13. The molecule has 1 aromatic carbocycles. The lowest BCUT2D eigenvalue weighted by molar-refractivity contribution is 0.135. The highest BCUT2D eigenvalue weighted by Gasteiger charge is 1.99. The van der Waals surface area contributed by atoms with Crippen molar-refractivity contribution in [3.8, 4) is 0 Å². The highest BCUT2D eigenvalue weighted by molar-refractivity contribution is 9.08. The Balaban J connectivity index is 2.54. The van der Waals surface area contributed by atoms with E-state index in [2.05, 4.69) is 28.1 Å². The molecule has 72 valence electrons. The summed E-state index contributed by atoms with van der Waals surface area (Å²) in [4.78, 5) is 0. The van der Waals surface area contributed by atoms with Gasteiger partial charge in [-0.05, 0) is 11.1 Å². The van der Waals surface area contributed by atoms with Crippen LogP contribution in [0.2, 0.25) is 0 Å². The molecule has 1 aromatic rings. The van der Waals surface area contributed by atoms with Crippen LogP contribution in [0, 0.1) is 0 Å². The van der Waals surface area contributed by atoms with Crippen molar-refractivity contribution < 1.29 is 4.74 Å². The van der Waals surface area contributed by atoms with Crippen LogP contribution >= 0.6 is 27.5 Å². The summed E-state index contributed by atoms with van der Waals surface area (Å²) < 4.78 is 5.36. The minimum absolute atomic E-state index is 0.552.